The molecule has 4 heteroatoms. The fourth-order valence-electron chi connectivity index (χ4n) is 1.62. The van der Waals surface area contributed by atoms with E-state index in [2.05, 4.69) is 4.98 Å². The largest absolute Gasteiger partial charge is 0.504 e. The van der Waals surface area contributed by atoms with Crippen LogP contribution in [0.2, 0.25) is 0 Å². The molecule has 0 spiro atoms. The number of rotatable bonds is 2. The number of fused-ring (bicyclic) bond motifs is 1. The van der Waals surface area contributed by atoms with Crippen LogP contribution >= 0.6 is 0 Å². The van der Waals surface area contributed by atoms with Crippen LogP contribution in [0.5, 0.6) is 11.5 Å². The highest BCUT2D eigenvalue weighted by atomic mass is 16.3. The lowest BCUT2D eigenvalue weighted by atomic mass is 10.1. The Hall–Kier alpha value is -1.97. The summed E-state index contributed by atoms with van der Waals surface area (Å²) >= 11 is 0. The van der Waals surface area contributed by atoms with E-state index in [0.29, 0.717) is 11.9 Å². The Morgan fingerprint density at radius 1 is 1.33 bits per heavy atom. The predicted octanol–water partition coefficient (Wildman–Crippen LogP) is 1.71. The van der Waals surface area contributed by atoms with Crippen molar-refractivity contribution in [2.45, 2.75) is 13.3 Å². The Morgan fingerprint density at radius 3 is 2.67 bits per heavy atom. The number of carbonyl (C=O) groups excluding carboxylic acids is 1. The highest BCUT2D eigenvalue weighted by molar-refractivity contribution is 5.90. The molecule has 0 aliphatic heterocycles. The summed E-state index contributed by atoms with van der Waals surface area (Å²) in [4.78, 5) is 13.9. The predicted molar refractivity (Wildman–Crippen MR) is 56.0 cm³/mol. The number of phenolic OH excluding ortho intramolecular Hbond substituents is 2. The first-order chi connectivity index (χ1) is 7.08. The summed E-state index contributed by atoms with van der Waals surface area (Å²) in [6.07, 6.45) is 2.04. The van der Waals surface area contributed by atoms with Crippen LogP contribution < -0.4 is 0 Å². The Balaban J connectivity index is 2.59. The van der Waals surface area contributed by atoms with E-state index in [9.17, 15) is 15.0 Å². The van der Waals surface area contributed by atoms with E-state index in [1.807, 2.05) is 0 Å². The van der Waals surface area contributed by atoms with Gasteiger partial charge in [-0.3, -0.25) is 4.79 Å². The van der Waals surface area contributed by atoms with Crippen molar-refractivity contribution in [2.75, 3.05) is 0 Å². The first-order valence-electron chi connectivity index (χ1n) is 4.59. The lowest BCUT2D eigenvalue weighted by Gasteiger charge is -1.99. The van der Waals surface area contributed by atoms with Gasteiger partial charge in [-0.15, -0.1) is 0 Å². The minimum atomic E-state index is -0.174. The van der Waals surface area contributed by atoms with E-state index in [0.717, 1.165) is 10.9 Å². The van der Waals surface area contributed by atoms with E-state index in [1.54, 1.807) is 6.20 Å². The average molecular weight is 205 g/mol. The van der Waals surface area contributed by atoms with Crippen molar-refractivity contribution in [3.05, 3.63) is 23.9 Å². The molecule has 0 fully saturated rings. The average Bonchev–Trinajstić information content (AvgIpc) is 2.49. The quantitative estimate of drug-likeness (QED) is 0.653. The molecule has 0 saturated heterocycles. The first-order valence-corrected chi connectivity index (χ1v) is 4.59. The lowest BCUT2D eigenvalue weighted by Crippen LogP contribution is -1.94. The summed E-state index contributed by atoms with van der Waals surface area (Å²) in [7, 11) is 0. The molecule has 2 rings (SSSR count). The molecular formula is C11H11NO3. The van der Waals surface area contributed by atoms with Gasteiger partial charge in [0.15, 0.2) is 11.5 Å². The summed E-state index contributed by atoms with van der Waals surface area (Å²) < 4.78 is 0. The Kier molecular flexibility index (Phi) is 2.11. The van der Waals surface area contributed by atoms with E-state index >= 15 is 0 Å². The van der Waals surface area contributed by atoms with Gasteiger partial charge in [-0.2, -0.15) is 0 Å². The second kappa shape index (κ2) is 3.31. The molecule has 0 radical (unpaired) electrons. The highest BCUT2D eigenvalue weighted by Gasteiger charge is 2.09. The minimum absolute atomic E-state index is 0.0588. The van der Waals surface area contributed by atoms with Crippen molar-refractivity contribution >= 4 is 16.7 Å². The van der Waals surface area contributed by atoms with Gasteiger partial charge >= 0.3 is 0 Å². The molecular weight excluding hydrogens is 194 g/mol. The summed E-state index contributed by atoms with van der Waals surface area (Å²) in [5, 5.41) is 19.4. The molecule has 1 aromatic carbocycles. The molecule has 78 valence electrons. The van der Waals surface area contributed by atoms with Crippen LogP contribution in [0.1, 0.15) is 12.5 Å². The van der Waals surface area contributed by atoms with Crippen LogP contribution in [0.3, 0.4) is 0 Å². The molecule has 4 nitrogen and oxygen atoms in total. The van der Waals surface area contributed by atoms with Crippen molar-refractivity contribution in [1.29, 1.82) is 0 Å². The SMILES string of the molecule is CC(=O)Cc1c[nH]c2cc(O)c(O)cc12. The zero-order valence-corrected chi connectivity index (χ0v) is 8.24. The molecule has 0 unspecified atom stereocenters. The van der Waals surface area contributed by atoms with Crippen molar-refractivity contribution in [3.8, 4) is 11.5 Å². The normalized spacial score (nSPS) is 10.7. The van der Waals surface area contributed by atoms with Gasteiger partial charge in [0, 0.05) is 29.6 Å². The molecule has 2 aromatic rings. The van der Waals surface area contributed by atoms with E-state index in [4.69, 9.17) is 0 Å². The van der Waals surface area contributed by atoms with Gasteiger partial charge in [-0.05, 0) is 18.6 Å². The number of aromatic hydroxyl groups is 2. The smallest absolute Gasteiger partial charge is 0.159 e. The molecule has 1 aromatic heterocycles. The van der Waals surface area contributed by atoms with Gasteiger partial charge in [-0.1, -0.05) is 0 Å². The summed E-state index contributed by atoms with van der Waals surface area (Å²) in [6, 6.07) is 2.90. The summed E-state index contributed by atoms with van der Waals surface area (Å²) in [6.45, 7) is 1.51. The third-order valence-corrected chi connectivity index (χ3v) is 2.30. The number of hydrogen-bond donors (Lipinski definition) is 3. The van der Waals surface area contributed by atoms with Crippen LogP contribution in [0, 0.1) is 0 Å². The minimum Gasteiger partial charge on any atom is -0.504 e. The Morgan fingerprint density at radius 2 is 2.00 bits per heavy atom. The van der Waals surface area contributed by atoms with Crippen molar-refractivity contribution in [2.24, 2.45) is 0 Å². The van der Waals surface area contributed by atoms with Gasteiger partial charge in [0.2, 0.25) is 0 Å². The van der Waals surface area contributed by atoms with Crippen LogP contribution in [0.15, 0.2) is 18.3 Å². The van der Waals surface area contributed by atoms with Crippen LogP contribution in [0.4, 0.5) is 0 Å². The molecule has 0 bridgehead atoms. The van der Waals surface area contributed by atoms with Crippen LogP contribution in [-0.4, -0.2) is 21.0 Å². The third-order valence-electron chi connectivity index (χ3n) is 2.30. The molecule has 0 aliphatic carbocycles. The fraction of sp³-hybridized carbons (Fsp3) is 0.182. The van der Waals surface area contributed by atoms with E-state index in [-0.39, 0.29) is 17.3 Å². The number of hydrogen-bond acceptors (Lipinski definition) is 3. The monoisotopic (exact) mass is 205 g/mol. The molecule has 0 amide bonds. The molecule has 3 N–H and O–H groups in total. The van der Waals surface area contributed by atoms with Crippen LogP contribution in [-0.2, 0) is 11.2 Å². The standard InChI is InChI=1S/C11H11NO3/c1-6(13)2-7-5-12-9-4-11(15)10(14)3-8(7)9/h3-5,12,14-15H,2H2,1H3. The maximum atomic E-state index is 11.0. The van der Waals surface area contributed by atoms with Crippen molar-refractivity contribution in [1.82, 2.24) is 4.98 Å². The number of ketones is 1. The maximum absolute atomic E-state index is 11.0. The van der Waals surface area contributed by atoms with Gasteiger partial charge in [0.1, 0.15) is 5.78 Å². The van der Waals surface area contributed by atoms with E-state index in [1.165, 1.54) is 19.1 Å². The number of aromatic amines is 1. The van der Waals surface area contributed by atoms with Gasteiger partial charge in [-0.25, -0.2) is 0 Å². The molecule has 1 heterocycles. The zero-order valence-electron chi connectivity index (χ0n) is 8.24. The van der Waals surface area contributed by atoms with Crippen molar-refractivity contribution in [3.63, 3.8) is 0 Å². The fourth-order valence-corrected chi connectivity index (χ4v) is 1.62. The summed E-state index contributed by atoms with van der Waals surface area (Å²) in [5.74, 6) is -0.283. The number of nitrogens with one attached hydrogen (secondary N) is 1. The number of H-pyrrole nitrogens is 1. The van der Waals surface area contributed by atoms with E-state index < -0.39 is 0 Å². The number of benzene rings is 1. The van der Waals surface area contributed by atoms with Gasteiger partial charge < -0.3 is 15.2 Å². The molecule has 0 atom stereocenters. The van der Waals surface area contributed by atoms with Crippen LogP contribution in [0.25, 0.3) is 10.9 Å². The number of aromatic nitrogens is 1. The maximum Gasteiger partial charge on any atom is 0.159 e. The second-order valence-corrected chi connectivity index (χ2v) is 3.58. The topological polar surface area (TPSA) is 73.3 Å². The molecule has 0 aliphatic rings. The Labute approximate surface area is 86.2 Å². The number of Topliss-reactive ketones (excluding diaryl/α,β-unsaturated/α-hetero) is 1. The van der Waals surface area contributed by atoms with Gasteiger partial charge in [0.05, 0.1) is 0 Å². The summed E-state index contributed by atoms with van der Waals surface area (Å²) in [5.41, 5.74) is 1.54. The zero-order chi connectivity index (χ0) is 11.0. The van der Waals surface area contributed by atoms with Crippen molar-refractivity contribution < 1.29 is 15.0 Å². The molecule has 0 saturated carbocycles. The third kappa shape index (κ3) is 1.66. The number of carbonyl (C=O) groups is 1. The second-order valence-electron chi connectivity index (χ2n) is 3.58. The number of phenols is 2. The Bertz CT molecular complexity index is 528. The molecule has 15 heavy (non-hydrogen) atoms. The highest BCUT2D eigenvalue weighted by Crippen LogP contribution is 2.31. The first kappa shape index (κ1) is 9.58. The lowest BCUT2D eigenvalue weighted by molar-refractivity contribution is -0.116. The van der Waals surface area contributed by atoms with Gasteiger partial charge in [0.25, 0.3) is 0 Å².